The number of ether oxygens (including phenoxy) is 3. The highest BCUT2D eigenvalue weighted by Gasteiger charge is 2.59. The number of piperidine rings is 1. The number of carbonyl (C=O) groups is 2. The van der Waals surface area contributed by atoms with Crippen LogP contribution in [0, 0.1) is 12.8 Å². The zero-order valence-corrected chi connectivity index (χ0v) is 18.9. The molecule has 1 heterocycles. The largest absolute Gasteiger partial charge is 0.515 e. The lowest BCUT2D eigenvalue weighted by molar-refractivity contribution is -0.959. The highest BCUT2D eigenvalue weighted by Crippen LogP contribution is 2.57. The number of likely N-dealkylation sites (N-methyl/N-ethyl adjacent to an activating group) is 1. The van der Waals surface area contributed by atoms with E-state index >= 15 is 0 Å². The summed E-state index contributed by atoms with van der Waals surface area (Å²) in [7, 11) is 2.20. The average molecular weight is 432 g/mol. The summed E-state index contributed by atoms with van der Waals surface area (Å²) in [5.74, 6) is -0.00603. The number of likely N-dealkylation sites (tertiary alicyclic amines) is 1. The molecule has 0 aromatic heterocycles. The van der Waals surface area contributed by atoms with Crippen LogP contribution in [0.5, 0.6) is 0 Å². The Morgan fingerprint density at radius 3 is 2.81 bits per heavy atom. The summed E-state index contributed by atoms with van der Waals surface area (Å²) in [4.78, 5) is 23.5. The van der Waals surface area contributed by atoms with Gasteiger partial charge in [0.05, 0.1) is 19.6 Å². The van der Waals surface area contributed by atoms with Gasteiger partial charge in [-0.2, -0.15) is 0 Å². The third-order valence-corrected chi connectivity index (χ3v) is 7.89. The average Bonchev–Trinajstić information content (AvgIpc) is 2.75. The minimum Gasteiger partial charge on any atom is -0.427 e. The second kappa shape index (κ2) is 8.43. The Hall–Kier alpha value is -2.12. The van der Waals surface area contributed by atoms with Crippen molar-refractivity contribution < 1.29 is 28.3 Å². The molecule has 2 bridgehead atoms. The van der Waals surface area contributed by atoms with Crippen LogP contribution >= 0.6 is 0 Å². The number of quaternary nitrogens is 1. The topological polar surface area (TPSA) is 87.9 Å². The first-order chi connectivity index (χ1) is 14.7. The summed E-state index contributed by atoms with van der Waals surface area (Å²) in [6.07, 6.45) is 6.39. The Balaban J connectivity index is 1.45. The highest BCUT2D eigenvalue weighted by molar-refractivity contribution is 5.74. The summed E-state index contributed by atoms with van der Waals surface area (Å²) in [6.45, 7) is 4.45. The van der Waals surface area contributed by atoms with Gasteiger partial charge >= 0.3 is 12.1 Å². The highest BCUT2D eigenvalue weighted by atomic mass is 16.8. The fourth-order valence-electron chi connectivity index (χ4n) is 6.25. The molecule has 1 saturated heterocycles. The van der Waals surface area contributed by atoms with Crippen LogP contribution in [0.4, 0.5) is 4.79 Å². The number of hydrogen-bond acceptors (Lipinski definition) is 6. The van der Waals surface area contributed by atoms with Crippen molar-refractivity contribution in [3.05, 3.63) is 34.9 Å². The van der Waals surface area contributed by atoms with Crippen LogP contribution in [0.25, 0.3) is 0 Å². The summed E-state index contributed by atoms with van der Waals surface area (Å²) in [5.41, 5.74) is 10.1. The van der Waals surface area contributed by atoms with Crippen LogP contribution in [-0.2, 0) is 30.8 Å². The number of benzene rings is 1. The van der Waals surface area contributed by atoms with Crippen molar-refractivity contribution in [1.29, 1.82) is 0 Å². The lowest BCUT2D eigenvalue weighted by Crippen LogP contribution is -2.69. The molecule has 2 unspecified atom stereocenters. The molecule has 1 aromatic rings. The Bertz CT molecular complexity index is 856. The van der Waals surface area contributed by atoms with Gasteiger partial charge in [-0.1, -0.05) is 36.6 Å². The van der Waals surface area contributed by atoms with Gasteiger partial charge in [0, 0.05) is 24.2 Å². The van der Waals surface area contributed by atoms with Crippen molar-refractivity contribution in [3.8, 4) is 0 Å². The van der Waals surface area contributed by atoms with Crippen LogP contribution in [0.1, 0.15) is 55.7 Å². The van der Waals surface area contributed by atoms with Gasteiger partial charge in [0.15, 0.2) is 0 Å². The van der Waals surface area contributed by atoms with E-state index in [1.165, 1.54) is 43.7 Å². The molecule has 170 valence electrons. The predicted octanol–water partition coefficient (Wildman–Crippen LogP) is 3.16. The minimum absolute atomic E-state index is 0.262. The van der Waals surface area contributed by atoms with Crippen LogP contribution in [0.3, 0.4) is 0 Å². The van der Waals surface area contributed by atoms with Gasteiger partial charge in [0.2, 0.25) is 13.5 Å². The summed E-state index contributed by atoms with van der Waals surface area (Å²) >= 11 is 0. The van der Waals surface area contributed by atoms with Crippen LogP contribution in [-0.4, -0.2) is 55.8 Å². The van der Waals surface area contributed by atoms with E-state index in [1.807, 2.05) is 0 Å². The fourth-order valence-corrected chi connectivity index (χ4v) is 6.25. The number of rotatable bonds is 5. The molecule has 0 spiro atoms. The molecule has 1 aliphatic heterocycles. The Kier molecular flexibility index (Phi) is 6.01. The Morgan fingerprint density at radius 2 is 2.03 bits per heavy atom. The molecule has 1 saturated carbocycles. The molecule has 31 heavy (non-hydrogen) atoms. The summed E-state index contributed by atoms with van der Waals surface area (Å²) in [5, 5.41) is 0. The third kappa shape index (κ3) is 4.05. The molecule has 2 N–H and O–H groups in total. The second-order valence-corrected chi connectivity index (χ2v) is 9.93. The van der Waals surface area contributed by atoms with Crippen molar-refractivity contribution in [2.24, 2.45) is 11.7 Å². The van der Waals surface area contributed by atoms with Crippen LogP contribution in [0.2, 0.25) is 0 Å². The van der Waals surface area contributed by atoms with Gasteiger partial charge in [-0.05, 0) is 37.8 Å². The molecule has 3 aliphatic rings. The number of nitrogens with two attached hydrogens (primary N) is 1. The molecule has 4 rings (SSSR count). The Morgan fingerprint density at radius 1 is 1.23 bits per heavy atom. The monoisotopic (exact) mass is 431 g/mol. The quantitative estimate of drug-likeness (QED) is 0.438. The van der Waals surface area contributed by atoms with E-state index in [0.29, 0.717) is 16.4 Å². The zero-order chi connectivity index (χ0) is 22.2. The first kappa shape index (κ1) is 22.1. The minimum atomic E-state index is -0.816. The number of carbonyl (C=O) groups excluding carboxylic acids is 2. The third-order valence-electron chi connectivity index (χ3n) is 7.89. The number of nitrogens with zero attached hydrogens (tertiary/aromatic N) is 1. The van der Waals surface area contributed by atoms with E-state index in [1.54, 1.807) is 5.56 Å². The number of fused-ring (bicyclic) bond motifs is 1. The second-order valence-electron chi connectivity index (χ2n) is 9.93. The van der Waals surface area contributed by atoms with Crippen LogP contribution in [0.15, 0.2) is 18.2 Å². The molecule has 1 aromatic carbocycles. The molecule has 7 heteroatoms. The van der Waals surface area contributed by atoms with E-state index in [2.05, 4.69) is 32.2 Å². The lowest BCUT2D eigenvalue weighted by Gasteiger charge is -2.60. The first-order valence-electron chi connectivity index (χ1n) is 11.4. The lowest BCUT2D eigenvalue weighted by atomic mass is 9.52. The van der Waals surface area contributed by atoms with Gasteiger partial charge in [-0.25, -0.2) is 4.79 Å². The zero-order valence-electron chi connectivity index (χ0n) is 18.9. The molecular formula is C24H35N2O5+. The Labute approximate surface area is 184 Å². The first-order valence-corrected chi connectivity index (χ1v) is 11.4. The normalized spacial score (nSPS) is 32.3. The van der Waals surface area contributed by atoms with Crippen molar-refractivity contribution in [3.63, 3.8) is 0 Å². The predicted molar refractivity (Wildman–Crippen MR) is 115 cm³/mol. The molecule has 0 radical (unpaired) electrons. The van der Waals surface area contributed by atoms with E-state index in [9.17, 15) is 9.59 Å². The molecule has 7 nitrogen and oxygen atoms in total. The van der Waals surface area contributed by atoms with E-state index < -0.39 is 25.0 Å². The van der Waals surface area contributed by atoms with Crippen molar-refractivity contribution in [2.75, 3.05) is 27.1 Å². The molecule has 2 fully saturated rings. The van der Waals surface area contributed by atoms with Gasteiger partial charge in [-0.15, -0.1) is 0 Å². The standard InChI is InChI=1S/C24H35N2O5/c1-16-7-8-18-13-21-19-6-4-5-9-24(19,20(18)12-16)10-11-26(21,3)14-29-23(28)31-15-30-22(27)17(2)25/h7-8,12,17,19,21H,4-6,9-11,13-15,25H2,1-3H3/q+1/t17?,19-,21+,24+,26?/m0/s1. The van der Waals surface area contributed by atoms with E-state index in [0.717, 1.165) is 19.4 Å². The SMILES string of the molecule is Cc1ccc2c(c1)[C@@]13CCCC[C@H]1[C@@H](C2)[N+](C)(COC(=O)OCOC(=O)C(C)N)CC3. The maximum absolute atomic E-state index is 12.1. The maximum Gasteiger partial charge on any atom is 0.515 e. The number of aryl methyl sites for hydroxylation is 1. The maximum atomic E-state index is 12.1. The van der Waals surface area contributed by atoms with E-state index in [-0.39, 0.29) is 12.1 Å². The van der Waals surface area contributed by atoms with Gasteiger partial charge in [-0.3, -0.25) is 9.28 Å². The van der Waals surface area contributed by atoms with Crippen LogP contribution < -0.4 is 5.73 Å². The molecular weight excluding hydrogens is 396 g/mol. The van der Waals surface area contributed by atoms with E-state index in [4.69, 9.17) is 19.9 Å². The molecule has 2 aliphatic carbocycles. The molecule has 0 amide bonds. The number of hydrogen-bond donors (Lipinski definition) is 1. The van der Waals surface area contributed by atoms with Crippen molar-refractivity contribution >= 4 is 12.1 Å². The van der Waals surface area contributed by atoms with Gasteiger partial charge < -0.3 is 19.9 Å². The smallest absolute Gasteiger partial charge is 0.427 e. The summed E-state index contributed by atoms with van der Waals surface area (Å²) in [6, 6.07) is 6.62. The van der Waals surface area contributed by atoms with Crippen molar-refractivity contribution in [1.82, 2.24) is 0 Å². The molecule has 5 atom stereocenters. The number of esters is 1. The van der Waals surface area contributed by atoms with Gasteiger partial charge in [0.1, 0.15) is 6.04 Å². The summed E-state index contributed by atoms with van der Waals surface area (Å²) < 4.78 is 15.9. The fraction of sp³-hybridized carbons (Fsp3) is 0.667. The van der Waals surface area contributed by atoms with Gasteiger partial charge in [0.25, 0.3) is 0 Å². The van der Waals surface area contributed by atoms with Crippen molar-refractivity contribution in [2.45, 2.75) is 69.9 Å².